The zero-order valence-electron chi connectivity index (χ0n) is 12.0. The number of carbonyl (C=O) groups is 1. The predicted octanol–water partition coefficient (Wildman–Crippen LogP) is 3.95. The predicted molar refractivity (Wildman–Crippen MR) is 81.6 cm³/mol. The Hall–Kier alpha value is -1.62. The minimum atomic E-state index is -0.612. The highest BCUT2D eigenvalue weighted by Gasteiger charge is 2.29. The maximum absolute atomic E-state index is 12.2. The van der Waals surface area contributed by atoms with E-state index in [1.165, 1.54) is 31.4 Å². The average molecular weight is 311 g/mol. The van der Waals surface area contributed by atoms with E-state index in [0.717, 1.165) is 12.8 Å². The summed E-state index contributed by atoms with van der Waals surface area (Å²) < 4.78 is 0. The first-order valence-corrected chi connectivity index (χ1v) is 7.52. The Morgan fingerprint density at radius 2 is 2.05 bits per heavy atom. The molecule has 0 radical (unpaired) electrons. The zero-order valence-corrected chi connectivity index (χ0v) is 12.8. The van der Waals surface area contributed by atoms with E-state index in [1.807, 2.05) is 0 Å². The SMILES string of the molecule is CC1(CNC(=O)c2cccc(Cl)c2[N+](=O)[O-])CCCCC1. The molecule has 0 bridgehead atoms. The third-order valence-corrected chi connectivity index (χ3v) is 4.46. The van der Waals surface area contributed by atoms with E-state index in [-0.39, 0.29) is 21.7 Å². The molecule has 1 saturated carbocycles. The first kappa shape index (κ1) is 15.8. The molecule has 0 saturated heterocycles. The van der Waals surface area contributed by atoms with Crippen LogP contribution in [-0.4, -0.2) is 17.4 Å². The third-order valence-electron chi connectivity index (χ3n) is 4.15. The maximum atomic E-state index is 12.2. The fraction of sp³-hybridized carbons (Fsp3) is 0.533. The average Bonchev–Trinajstić information content (AvgIpc) is 2.45. The topological polar surface area (TPSA) is 72.2 Å². The van der Waals surface area contributed by atoms with Gasteiger partial charge in [-0.25, -0.2) is 0 Å². The normalized spacial score (nSPS) is 17.2. The number of carbonyl (C=O) groups excluding carboxylic acids is 1. The van der Waals surface area contributed by atoms with E-state index < -0.39 is 10.8 Å². The number of para-hydroxylation sites is 1. The molecular formula is C15H19ClN2O3. The first-order valence-electron chi connectivity index (χ1n) is 7.14. The Morgan fingerprint density at radius 3 is 2.67 bits per heavy atom. The highest BCUT2D eigenvalue weighted by Crippen LogP contribution is 2.35. The molecule has 1 fully saturated rings. The van der Waals surface area contributed by atoms with Crippen molar-refractivity contribution >= 4 is 23.2 Å². The fourth-order valence-corrected chi connectivity index (χ4v) is 3.10. The molecule has 1 aromatic carbocycles. The lowest BCUT2D eigenvalue weighted by molar-refractivity contribution is -0.385. The van der Waals surface area contributed by atoms with Crippen LogP contribution in [0.5, 0.6) is 0 Å². The summed E-state index contributed by atoms with van der Waals surface area (Å²) in [5, 5.41) is 13.9. The molecule has 1 N–H and O–H groups in total. The van der Waals surface area contributed by atoms with Gasteiger partial charge in [0, 0.05) is 6.54 Å². The fourth-order valence-electron chi connectivity index (χ4n) is 2.86. The van der Waals surface area contributed by atoms with E-state index in [9.17, 15) is 14.9 Å². The summed E-state index contributed by atoms with van der Waals surface area (Å²) in [5.74, 6) is -0.434. The highest BCUT2D eigenvalue weighted by molar-refractivity contribution is 6.33. The number of nitrogens with zero attached hydrogens (tertiary/aromatic N) is 1. The molecule has 1 aliphatic rings. The number of hydrogen-bond donors (Lipinski definition) is 1. The molecule has 6 heteroatoms. The van der Waals surface area contributed by atoms with Gasteiger partial charge in [-0.2, -0.15) is 0 Å². The Kier molecular flexibility index (Phi) is 4.83. The molecule has 0 spiro atoms. The molecule has 1 aromatic rings. The molecule has 0 heterocycles. The Balaban J connectivity index is 2.10. The molecule has 1 amide bonds. The standard InChI is InChI=1S/C15H19ClN2O3/c1-15(8-3-2-4-9-15)10-17-14(19)11-6-5-7-12(16)13(11)18(20)21/h5-7H,2-4,8-10H2,1H3,(H,17,19). The number of rotatable bonds is 4. The van der Waals surface area contributed by atoms with Crippen LogP contribution in [-0.2, 0) is 0 Å². The van der Waals surface area contributed by atoms with Crippen LogP contribution in [0.2, 0.25) is 5.02 Å². The van der Waals surface area contributed by atoms with Crippen LogP contribution in [0.3, 0.4) is 0 Å². The van der Waals surface area contributed by atoms with E-state index in [4.69, 9.17) is 11.6 Å². The zero-order chi connectivity index (χ0) is 15.5. The van der Waals surface area contributed by atoms with Crippen molar-refractivity contribution in [2.45, 2.75) is 39.0 Å². The van der Waals surface area contributed by atoms with Crippen LogP contribution >= 0.6 is 11.6 Å². The van der Waals surface area contributed by atoms with Gasteiger partial charge in [-0.1, -0.05) is 43.9 Å². The van der Waals surface area contributed by atoms with Crippen molar-refractivity contribution < 1.29 is 9.72 Å². The summed E-state index contributed by atoms with van der Waals surface area (Å²) in [5.41, 5.74) is -0.223. The Morgan fingerprint density at radius 1 is 1.38 bits per heavy atom. The van der Waals surface area contributed by atoms with Gasteiger partial charge in [-0.05, 0) is 30.4 Å². The first-order chi connectivity index (χ1) is 9.93. The molecule has 0 atom stereocenters. The van der Waals surface area contributed by atoms with Gasteiger partial charge in [-0.15, -0.1) is 0 Å². The monoisotopic (exact) mass is 310 g/mol. The second-order valence-electron chi connectivity index (χ2n) is 5.95. The van der Waals surface area contributed by atoms with Crippen molar-refractivity contribution in [1.82, 2.24) is 5.32 Å². The number of benzene rings is 1. The van der Waals surface area contributed by atoms with Crippen LogP contribution in [0, 0.1) is 15.5 Å². The second kappa shape index (κ2) is 6.43. The van der Waals surface area contributed by atoms with Crippen molar-refractivity contribution in [2.75, 3.05) is 6.54 Å². The Labute approximate surface area is 128 Å². The molecule has 0 aromatic heterocycles. The lowest BCUT2D eigenvalue weighted by atomic mass is 9.76. The van der Waals surface area contributed by atoms with E-state index in [1.54, 1.807) is 6.07 Å². The molecule has 2 rings (SSSR count). The molecule has 21 heavy (non-hydrogen) atoms. The number of amides is 1. The summed E-state index contributed by atoms with van der Waals surface area (Å²) in [4.78, 5) is 22.7. The smallest absolute Gasteiger partial charge is 0.300 e. The van der Waals surface area contributed by atoms with Crippen LogP contribution in [0.1, 0.15) is 49.4 Å². The number of halogens is 1. The summed E-state index contributed by atoms with van der Waals surface area (Å²) >= 11 is 5.82. The molecule has 0 aliphatic heterocycles. The van der Waals surface area contributed by atoms with Gasteiger partial charge in [-0.3, -0.25) is 14.9 Å². The van der Waals surface area contributed by atoms with Crippen molar-refractivity contribution in [1.29, 1.82) is 0 Å². The molecule has 0 unspecified atom stereocenters. The van der Waals surface area contributed by atoms with Gasteiger partial charge >= 0.3 is 5.69 Å². The quantitative estimate of drug-likeness (QED) is 0.676. The third kappa shape index (κ3) is 3.73. The lowest BCUT2D eigenvalue weighted by Gasteiger charge is -2.33. The van der Waals surface area contributed by atoms with Crippen LogP contribution < -0.4 is 5.32 Å². The lowest BCUT2D eigenvalue weighted by Crippen LogP contribution is -2.37. The summed E-state index contributed by atoms with van der Waals surface area (Å²) in [6.07, 6.45) is 5.73. The minimum Gasteiger partial charge on any atom is -0.351 e. The molecule has 1 aliphatic carbocycles. The summed E-state index contributed by atoms with van der Waals surface area (Å²) in [6.45, 7) is 2.69. The van der Waals surface area contributed by atoms with E-state index in [2.05, 4.69) is 12.2 Å². The van der Waals surface area contributed by atoms with Crippen LogP contribution in [0.4, 0.5) is 5.69 Å². The van der Waals surface area contributed by atoms with Gasteiger partial charge in [0.25, 0.3) is 5.91 Å². The molecule has 5 nitrogen and oxygen atoms in total. The molecule has 114 valence electrons. The highest BCUT2D eigenvalue weighted by atomic mass is 35.5. The van der Waals surface area contributed by atoms with Gasteiger partial charge in [0.05, 0.1) is 4.92 Å². The van der Waals surface area contributed by atoms with Crippen molar-refractivity contribution in [3.63, 3.8) is 0 Å². The number of nitrogens with one attached hydrogen (secondary N) is 1. The molecular weight excluding hydrogens is 292 g/mol. The second-order valence-corrected chi connectivity index (χ2v) is 6.35. The summed E-state index contributed by atoms with van der Waals surface area (Å²) in [6, 6.07) is 4.40. The van der Waals surface area contributed by atoms with Crippen molar-refractivity contribution in [3.05, 3.63) is 38.9 Å². The van der Waals surface area contributed by atoms with Gasteiger partial charge in [0.2, 0.25) is 0 Å². The number of hydrogen-bond acceptors (Lipinski definition) is 3. The van der Waals surface area contributed by atoms with Crippen molar-refractivity contribution in [2.24, 2.45) is 5.41 Å². The van der Waals surface area contributed by atoms with E-state index in [0.29, 0.717) is 6.54 Å². The van der Waals surface area contributed by atoms with Gasteiger partial charge < -0.3 is 5.32 Å². The number of nitro groups is 1. The van der Waals surface area contributed by atoms with Crippen LogP contribution in [0.25, 0.3) is 0 Å². The van der Waals surface area contributed by atoms with Gasteiger partial charge in [0.15, 0.2) is 0 Å². The van der Waals surface area contributed by atoms with Crippen molar-refractivity contribution in [3.8, 4) is 0 Å². The van der Waals surface area contributed by atoms with E-state index >= 15 is 0 Å². The maximum Gasteiger partial charge on any atom is 0.300 e. The van der Waals surface area contributed by atoms with Gasteiger partial charge in [0.1, 0.15) is 10.6 Å². The van der Waals surface area contributed by atoms with Crippen LogP contribution in [0.15, 0.2) is 18.2 Å². The minimum absolute atomic E-state index is 0.0171. The Bertz CT molecular complexity index is 554. The summed E-state index contributed by atoms with van der Waals surface area (Å²) in [7, 11) is 0. The number of nitro benzene ring substituents is 1. The largest absolute Gasteiger partial charge is 0.351 e.